The molecule has 0 saturated carbocycles. The number of carbonyl (C=O) groups excluding carboxylic acids is 2. The Balaban J connectivity index is 1.69. The third kappa shape index (κ3) is 4.10. The number of amides is 2. The number of para-hydroxylation sites is 1. The van der Waals surface area contributed by atoms with E-state index in [4.69, 9.17) is 16.6 Å². The van der Waals surface area contributed by atoms with Crippen molar-refractivity contribution in [2.24, 2.45) is 0 Å². The van der Waals surface area contributed by atoms with Crippen LogP contribution in [-0.4, -0.2) is 31.2 Å². The Kier molecular flexibility index (Phi) is 5.57. The van der Waals surface area contributed by atoms with Crippen LogP contribution in [0.2, 0.25) is 0 Å². The topological polar surface area (TPSA) is 126 Å². The van der Waals surface area contributed by atoms with Crippen LogP contribution in [0.4, 0.5) is 5.88 Å². The lowest BCUT2D eigenvalue weighted by molar-refractivity contribution is -0.402. The number of phenolic OH excluding ortho intramolecular Hbond substituents is 1. The fourth-order valence-electron chi connectivity index (χ4n) is 2.17. The normalized spacial score (nSPS) is 15.6. The van der Waals surface area contributed by atoms with Gasteiger partial charge < -0.3 is 9.52 Å². The Hall–Kier alpha value is -3.44. The summed E-state index contributed by atoms with van der Waals surface area (Å²) in [7, 11) is 0. The molecule has 1 fully saturated rings. The Morgan fingerprint density at radius 1 is 1.32 bits per heavy atom. The van der Waals surface area contributed by atoms with E-state index < -0.39 is 22.6 Å². The molecule has 0 atom stereocenters. The standard InChI is InChI=1S/C17H11N3O6S2/c21-12-6-2-1-5-11(12)15(22)18-19-16(23)13(28-17(19)27)7-3-4-10-8-9-14(26-10)20(24)25/h1-9,21H,(H,18,22)/b4-3+,13-7-. The van der Waals surface area contributed by atoms with E-state index in [1.165, 1.54) is 42.5 Å². The second-order valence-corrected chi connectivity index (χ2v) is 6.97. The van der Waals surface area contributed by atoms with E-state index in [0.29, 0.717) is 0 Å². The van der Waals surface area contributed by atoms with Crippen LogP contribution in [0.25, 0.3) is 6.08 Å². The van der Waals surface area contributed by atoms with E-state index >= 15 is 0 Å². The SMILES string of the molecule is O=C(NN1C(=O)/C(=C/C=C/c2ccc([N+](=O)[O-])o2)SC1=S)c1ccccc1O. The monoisotopic (exact) mass is 417 g/mol. The summed E-state index contributed by atoms with van der Waals surface area (Å²) >= 11 is 6.07. The highest BCUT2D eigenvalue weighted by molar-refractivity contribution is 8.26. The molecule has 1 saturated heterocycles. The van der Waals surface area contributed by atoms with Crippen LogP contribution in [0.3, 0.4) is 0 Å². The largest absolute Gasteiger partial charge is 0.507 e. The number of nitro groups is 1. The van der Waals surface area contributed by atoms with Crippen molar-refractivity contribution in [3.63, 3.8) is 0 Å². The van der Waals surface area contributed by atoms with Gasteiger partial charge in [-0.25, -0.2) is 0 Å². The molecule has 0 unspecified atom stereocenters. The van der Waals surface area contributed by atoms with Crippen molar-refractivity contribution < 1.29 is 24.0 Å². The number of benzene rings is 1. The molecule has 1 aromatic carbocycles. The van der Waals surface area contributed by atoms with Crippen LogP contribution in [-0.2, 0) is 4.79 Å². The maximum absolute atomic E-state index is 12.4. The number of carbonyl (C=O) groups is 2. The fourth-order valence-corrected chi connectivity index (χ4v) is 3.30. The minimum absolute atomic E-state index is 0.000149. The van der Waals surface area contributed by atoms with Crippen LogP contribution in [0.15, 0.2) is 57.9 Å². The van der Waals surface area contributed by atoms with E-state index in [1.807, 2.05) is 0 Å². The molecule has 9 nitrogen and oxygen atoms in total. The Labute approximate surface area is 167 Å². The number of phenols is 1. The van der Waals surface area contributed by atoms with Crippen molar-refractivity contribution in [2.45, 2.75) is 0 Å². The van der Waals surface area contributed by atoms with E-state index in [2.05, 4.69) is 5.43 Å². The van der Waals surface area contributed by atoms with E-state index in [9.17, 15) is 24.8 Å². The number of allylic oxidation sites excluding steroid dienone is 2. The summed E-state index contributed by atoms with van der Waals surface area (Å²) in [6, 6.07) is 8.53. The Morgan fingerprint density at radius 3 is 2.75 bits per heavy atom. The fraction of sp³-hybridized carbons (Fsp3) is 0. The Bertz CT molecular complexity index is 1040. The summed E-state index contributed by atoms with van der Waals surface area (Å²) in [6.07, 6.45) is 4.36. The molecule has 28 heavy (non-hydrogen) atoms. The van der Waals surface area contributed by atoms with E-state index in [0.717, 1.165) is 16.8 Å². The number of furan rings is 1. The van der Waals surface area contributed by atoms with Gasteiger partial charge in [0, 0.05) is 0 Å². The number of aromatic hydroxyl groups is 1. The summed E-state index contributed by atoms with van der Waals surface area (Å²) in [5, 5.41) is 21.2. The van der Waals surface area contributed by atoms with Gasteiger partial charge in [0.15, 0.2) is 4.32 Å². The van der Waals surface area contributed by atoms with Gasteiger partial charge in [-0.1, -0.05) is 30.0 Å². The lowest BCUT2D eigenvalue weighted by atomic mass is 10.2. The van der Waals surface area contributed by atoms with E-state index in [1.54, 1.807) is 12.1 Å². The predicted octanol–water partition coefficient (Wildman–Crippen LogP) is 3.00. The molecular weight excluding hydrogens is 406 g/mol. The van der Waals surface area contributed by atoms with Gasteiger partial charge in [0.25, 0.3) is 11.8 Å². The first-order valence-corrected chi connectivity index (χ1v) is 8.87. The van der Waals surface area contributed by atoms with Gasteiger partial charge in [0.1, 0.15) is 16.4 Å². The molecular formula is C17H11N3O6S2. The summed E-state index contributed by atoms with van der Waals surface area (Å²) in [4.78, 5) is 34.8. The van der Waals surface area contributed by atoms with Crippen molar-refractivity contribution >= 4 is 52.1 Å². The minimum atomic E-state index is -0.686. The zero-order valence-electron chi connectivity index (χ0n) is 13.9. The molecule has 2 heterocycles. The molecule has 1 aliphatic heterocycles. The van der Waals surface area contributed by atoms with Crippen molar-refractivity contribution in [1.82, 2.24) is 10.4 Å². The molecule has 2 aromatic rings. The number of rotatable bonds is 5. The molecule has 2 N–H and O–H groups in total. The molecule has 142 valence electrons. The third-order valence-electron chi connectivity index (χ3n) is 3.46. The quantitative estimate of drug-likeness (QED) is 0.329. The summed E-state index contributed by atoms with van der Waals surface area (Å²) in [6.45, 7) is 0. The van der Waals surface area contributed by atoms with Crippen molar-refractivity contribution in [1.29, 1.82) is 0 Å². The Morgan fingerprint density at radius 2 is 2.07 bits per heavy atom. The number of nitrogens with zero attached hydrogens (tertiary/aromatic N) is 2. The molecule has 0 aliphatic carbocycles. The molecule has 11 heteroatoms. The maximum atomic E-state index is 12.4. The summed E-state index contributed by atoms with van der Waals surface area (Å²) < 4.78 is 5.08. The first-order valence-electron chi connectivity index (χ1n) is 7.64. The third-order valence-corrected chi connectivity index (χ3v) is 4.78. The smallest absolute Gasteiger partial charge is 0.433 e. The highest BCUT2D eigenvalue weighted by atomic mass is 32.2. The summed E-state index contributed by atoms with van der Waals surface area (Å²) in [5.41, 5.74) is 2.35. The van der Waals surface area contributed by atoms with Crippen molar-refractivity contribution in [2.75, 3.05) is 0 Å². The van der Waals surface area contributed by atoms with Gasteiger partial charge in [0.05, 0.1) is 16.5 Å². The highest BCUT2D eigenvalue weighted by Gasteiger charge is 2.33. The van der Waals surface area contributed by atoms with Crippen molar-refractivity contribution in [3.8, 4) is 5.75 Å². The van der Waals surface area contributed by atoms with Gasteiger partial charge in [-0.05, 0) is 42.6 Å². The molecule has 2 amide bonds. The second-order valence-electron chi connectivity index (χ2n) is 5.29. The predicted molar refractivity (Wildman–Crippen MR) is 105 cm³/mol. The molecule has 3 rings (SSSR count). The number of hydrazine groups is 1. The van der Waals surface area contributed by atoms with Gasteiger partial charge >= 0.3 is 5.88 Å². The van der Waals surface area contributed by atoms with Crippen LogP contribution >= 0.6 is 24.0 Å². The van der Waals surface area contributed by atoms with Crippen LogP contribution in [0.5, 0.6) is 5.75 Å². The van der Waals surface area contributed by atoms with E-state index in [-0.39, 0.29) is 26.3 Å². The summed E-state index contributed by atoms with van der Waals surface area (Å²) in [5.74, 6) is -1.61. The van der Waals surface area contributed by atoms with Gasteiger partial charge in [0.2, 0.25) is 0 Å². The molecule has 0 spiro atoms. The average molecular weight is 417 g/mol. The number of thiocarbonyl (C=S) groups is 1. The van der Waals surface area contributed by atoms with Crippen LogP contribution in [0, 0.1) is 10.1 Å². The molecule has 1 aliphatic rings. The zero-order chi connectivity index (χ0) is 20.3. The van der Waals surface area contributed by atoms with Crippen LogP contribution < -0.4 is 5.43 Å². The first-order chi connectivity index (χ1) is 13.4. The highest BCUT2D eigenvalue weighted by Crippen LogP contribution is 2.30. The number of hydrogen-bond donors (Lipinski definition) is 2. The van der Waals surface area contributed by atoms with Crippen LogP contribution in [0.1, 0.15) is 16.1 Å². The lowest BCUT2D eigenvalue weighted by Gasteiger charge is -2.15. The van der Waals surface area contributed by atoms with Gasteiger partial charge in [-0.15, -0.1) is 0 Å². The molecule has 1 aromatic heterocycles. The first kappa shape index (κ1) is 19.3. The maximum Gasteiger partial charge on any atom is 0.433 e. The van der Waals surface area contributed by atoms with Gasteiger partial charge in [-0.3, -0.25) is 25.1 Å². The number of hydrogen-bond acceptors (Lipinski definition) is 8. The number of thioether (sulfide) groups is 1. The van der Waals surface area contributed by atoms with Crippen molar-refractivity contribution in [3.05, 3.63) is 74.9 Å². The molecule has 0 radical (unpaired) electrons. The second kappa shape index (κ2) is 8.06. The zero-order valence-corrected chi connectivity index (χ0v) is 15.5. The van der Waals surface area contributed by atoms with Gasteiger partial charge in [-0.2, -0.15) is 5.01 Å². The number of nitrogens with one attached hydrogen (secondary N) is 1. The average Bonchev–Trinajstić information content (AvgIpc) is 3.23. The lowest BCUT2D eigenvalue weighted by Crippen LogP contribution is -2.44. The minimum Gasteiger partial charge on any atom is -0.507 e. The molecule has 0 bridgehead atoms.